The van der Waals surface area contributed by atoms with Gasteiger partial charge in [0.25, 0.3) is 0 Å². The Labute approximate surface area is 99.6 Å². The second kappa shape index (κ2) is 5.91. The Morgan fingerprint density at radius 2 is 2.12 bits per heavy atom. The van der Waals surface area contributed by atoms with Gasteiger partial charge >= 0.3 is 0 Å². The average Bonchev–Trinajstić information content (AvgIpc) is 2.28. The first-order valence-corrected chi connectivity index (χ1v) is 5.89. The molecule has 16 heavy (non-hydrogen) atoms. The van der Waals surface area contributed by atoms with Gasteiger partial charge < -0.3 is 15.2 Å². The van der Waals surface area contributed by atoms with Gasteiger partial charge in [-0.05, 0) is 6.92 Å². The number of thioether (sulfide) groups is 1. The van der Waals surface area contributed by atoms with Crippen LogP contribution in [0.15, 0.2) is 11.4 Å². The van der Waals surface area contributed by atoms with Crippen LogP contribution in [0.25, 0.3) is 0 Å². The number of hydrogen-bond donors (Lipinski definition) is 2. The third kappa shape index (κ3) is 2.99. The first-order valence-electron chi connectivity index (χ1n) is 5.01. The molecule has 2 atom stereocenters. The number of aliphatic hydroxyl groups is 1. The van der Waals surface area contributed by atoms with Crippen LogP contribution in [-0.2, 0) is 0 Å². The summed E-state index contributed by atoms with van der Waals surface area (Å²) in [6.07, 6.45) is 1.08. The molecular formula is C10H17N3O2S. The predicted octanol–water partition coefficient (Wildman–Crippen LogP) is 1.39. The maximum atomic E-state index is 9.45. The lowest BCUT2D eigenvalue weighted by atomic mass is 10.3. The summed E-state index contributed by atoms with van der Waals surface area (Å²) in [7, 11) is 3.36. The van der Waals surface area contributed by atoms with E-state index >= 15 is 0 Å². The molecule has 2 unspecified atom stereocenters. The highest BCUT2D eigenvalue weighted by Crippen LogP contribution is 2.35. The van der Waals surface area contributed by atoms with E-state index in [0.717, 1.165) is 5.03 Å². The van der Waals surface area contributed by atoms with Gasteiger partial charge in [-0.1, -0.05) is 18.7 Å². The summed E-state index contributed by atoms with van der Waals surface area (Å²) in [5.41, 5.74) is 0. The molecule has 0 aliphatic rings. The van der Waals surface area contributed by atoms with Crippen LogP contribution in [0, 0.1) is 0 Å². The monoisotopic (exact) mass is 243 g/mol. The van der Waals surface area contributed by atoms with Crippen LogP contribution in [0.4, 0.5) is 5.82 Å². The molecule has 0 bridgehead atoms. The molecule has 0 spiro atoms. The Morgan fingerprint density at radius 1 is 1.44 bits per heavy atom. The van der Waals surface area contributed by atoms with E-state index < -0.39 is 6.10 Å². The minimum absolute atomic E-state index is 0.0495. The van der Waals surface area contributed by atoms with Crippen LogP contribution in [0.3, 0.4) is 0 Å². The molecule has 0 aliphatic heterocycles. The standard InChI is InChI=1S/C10H17N3O2S/c1-6(14)7(2)16-10-8(15-4)9(11-3)12-5-13-10/h5-7,14H,1-4H3,(H,11,12,13). The van der Waals surface area contributed by atoms with Crippen molar-refractivity contribution in [2.45, 2.75) is 30.2 Å². The Morgan fingerprint density at radius 3 is 2.62 bits per heavy atom. The lowest BCUT2D eigenvalue weighted by Crippen LogP contribution is -2.15. The van der Waals surface area contributed by atoms with Crippen molar-refractivity contribution in [3.8, 4) is 5.75 Å². The largest absolute Gasteiger partial charge is 0.490 e. The minimum atomic E-state index is -0.400. The highest BCUT2D eigenvalue weighted by Gasteiger charge is 2.17. The lowest BCUT2D eigenvalue weighted by molar-refractivity contribution is 0.196. The highest BCUT2D eigenvalue weighted by molar-refractivity contribution is 8.00. The zero-order valence-corrected chi connectivity index (χ0v) is 10.7. The molecule has 0 fully saturated rings. The van der Waals surface area contributed by atoms with Gasteiger partial charge in [0.05, 0.1) is 13.2 Å². The zero-order chi connectivity index (χ0) is 12.1. The molecule has 0 aliphatic carbocycles. The fourth-order valence-electron chi connectivity index (χ4n) is 1.08. The first-order chi connectivity index (χ1) is 7.60. The summed E-state index contributed by atoms with van der Waals surface area (Å²) in [6.45, 7) is 3.69. The van der Waals surface area contributed by atoms with Crippen LogP contribution < -0.4 is 10.1 Å². The maximum Gasteiger partial charge on any atom is 0.193 e. The van der Waals surface area contributed by atoms with Gasteiger partial charge in [-0.25, -0.2) is 9.97 Å². The van der Waals surface area contributed by atoms with Gasteiger partial charge in [0.1, 0.15) is 11.4 Å². The Kier molecular flexibility index (Phi) is 4.82. The third-order valence-electron chi connectivity index (χ3n) is 2.19. The first kappa shape index (κ1) is 13.1. The van der Waals surface area contributed by atoms with Gasteiger partial charge in [0, 0.05) is 12.3 Å². The second-order valence-electron chi connectivity index (χ2n) is 3.37. The Balaban J connectivity index is 2.95. The molecule has 0 radical (unpaired) electrons. The van der Waals surface area contributed by atoms with E-state index in [0.29, 0.717) is 11.6 Å². The smallest absolute Gasteiger partial charge is 0.193 e. The van der Waals surface area contributed by atoms with Crippen LogP contribution >= 0.6 is 11.8 Å². The molecule has 0 amide bonds. The summed E-state index contributed by atoms with van der Waals surface area (Å²) in [6, 6.07) is 0. The number of aromatic nitrogens is 2. The number of nitrogens with one attached hydrogen (secondary N) is 1. The Bertz CT molecular complexity index is 347. The number of aliphatic hydroxyl groups excluding tert-OH is 1. The van der Waals surface area contributed by atoms with E-state index in [1.54, 1.807) is 21.1 Å². The number of nitrogens with zero attached hydrogens (tertiary/aromatic N) is 2. The van der Waals surface area contributed by atoms with Crippen molar-refractivity contribution in [3.63, 3.8) is 0 Å². The number of rotatable bonds is 5. The molecule has 2 N–H and O–H groups in total. The van der Waals surface area contributed by atoms with Crippen molar-refractivity contribution in [2.24, 2.45) is 0 Å². The molecule has 0 saturated heterocycles. The van der Waals surface area contributed by atoms with Crippen LogP contribution in [-0.4, -0.2) is 40.6 Å². The van der Waals surface area contributed by atoms with Gasteiger partial charge in [-0.2, -0.15) is 0 Å². The van der Waals surface area contributed by atoms with Crippen LogP contribution in [0.5, 0.6) is 5.75 Å². The van der Waals surface area contributed by atoms with Crippen LogP contribution in [0.2, 0.25) is 0 Å². The Hall–Kier alpha value is -1.01. The highest BCUT2D eigenvalue weighted by atomic mass is 32.2. The van der Waals surface area contributed by atoms with Gasteiger partial charge in [0.2, 0.25) is 0 Å². The fourth-order valence-corrected chi connectivity index (χ4v) is 2.02. The molecule has 1 aromatic heterocycles. The molecule has 6 heteroatoms. The molecule has 5 nitrogen and oxygen atoms in total. The van der Waals surface area contributed by atoms with Crippen molar-refractivity contribution >= 4 is 17.6 Å². The van der Waals surface area contributed by atoms with Crippen molar-refractivity contribution in [1.82, 2.24) is 9.97 Å². The maximum absolute atomic E-state index is 9.45. The summed E-state index contributed by atoms with van der Waals surface area (Å²) in [4.78, 5) is 8.21. The van der Waals surface area contributed by atoms with Gasteiger partial charge in [-0.3, -0.25) is 0 Å². The molecule has 1 heterocycles. The average molecular weight is 243 g/mol. The van der Waals surface area contributed by atoms with E-state index in [9.17, 15) is 5.11 Å². The van der Waals surface area contributed by atoms with E-state index in [-0.39, 0.29) is 5.25 Å². The molecular weight excluding hydrogens is 226 g/mol. The number of methoxy groups -OCH3 is 1. The molecule has 0 aromatic carbocycles. The van der Waals surface area contributed by atoms with Crippen molar-refractivity contribution in [2.75, 3.05) is 19.5 Å². The van der Waals surface area contributed by atoms with Gasteiger partial charge in [0.15, 0.2) is 11.6 Å². The zero-order valence-electron chi connectivity index (χ0n) is 9.89. The van der Waals surface area contributed by atoms with Gasteiger partial charge in [-0.15, -0.1) is 0 Å². The summed E-state index contributed by atoms with van der Waals surface area (Å²) < 4.78 is 5.26. The molecule has 1 rings (SSSR count). The van der Waals surface area contributed by atoms with Crippen molar-refractivity contribution in [3.05, 3.63) is 6.33 Å². The van der Waals surface area contributed by atoms with Crippen molar-refractivity contribution < 1.29 is 9.84 Å². The SMILES string of the molecule is CNc1ncnc(SC(C)C(C)O)c1OC. The summed E-state index contributed by atoms with van der Waals surface area (Å²) >= 11 is 1.47. The fraction of sp³-hybridized carbons (Fsp3) is 0.600. The molecule has 0 saturated carbocycles. The van der Waals surface area contributed by atoms with E-state index in [1.807, 2.05) is 6.92 Å². The lowest BCUT2D eigenvalue weighted by Gasteiger charge is -2.16. The third-order valence-corrected chi connectivity index (χ3v) is 3.47. The van der Waals surface area contributed by atoms with E-state index in [1.165, 1.54) is 18.1 Å². The number of anilines is 1. The topological polar surface area (TPSA) is 67.3 Å². The van der Waals surface area contributed by atoms with E-state index in [4.69, 9.17) is 4.74 Å². The number of ether oxygens (including phenoxy) is 1. The normalized spacial score (nSPS) is 14.3. The molecule has 1 aromatic rings. The molecule has 90 valence electrons. The second-order valence-corrected chi connectivity index (χ2v) is 4.74. The summed E-state index contributed by atoms with van der Waals surface area (Å²) in [5.74, 6) is 1.26. The minimum Gasteiger partial charge on any atom is -0.490 e. The quantitative estimate of drug-likeness (QED) is 0.601. The van der Waals surface area contributed by atoms with Crippen LogP contribution in [0.1, 0.15) is 13.8 Å². The summed E-state index contributed by atoms with van der Waals surface area (Å²) in [5, 5.41) is 13.2. The van der Waals surface area contributed by atoms with E-state index in [2.05, 4.69) is 15.3 Å². The number of hydrogen-bond acceptors (Lipinski definition) is 6. The van der Waals surface area contributed by atoms with Crippen molar-refractivity contribution in [1.29, 1.82) is 0 Å². The predicted molar refractivity (Wildman–Crippen MR) is 65.1 cm³/mol.